The van der Waals surface area contributed by atoms with Crippen molar-refractivity contribution in [1.29, 1.82) is 0 Å². The number of rotatable bonds is 3. The molecule has 0 radical (unpaired) electrons. The van der Waals surface area contributed by atoms with Crippen LogP contribution in [0.15, 0.2) is 18.2 Å². The Morgan fingerprint density at radius 2 is 2.16 bits per heavy atom. The van der Waals surface area contributed by atoms with Crippen molar-refractivity contribution in [3.63, 3.8) is 0 Å². The van der Waals surface area contributed by atoms with Gasteiger partial charge in [0.2, 0.25) is 5.91 Å². The molecule has 0 spiro atoms. The summed E-state index contributed by atoms with van der Waals surface area (Å²) in [7, 11) is 0. The minimum absolute atomic E-state index is 0.0761. The second-order valence-electron chi connectivity index (χ2n) is 6.52. The summed E-state index contributed by atoms with van der Waals surface area (Å²) in [6.45, 7) is 3.94. The lowest BCUT2D eigenvalue weighted by atomic mass is 9.79. The van der Waals surface area contributed by atoms with Gasteiger partial charge in [0.05, 0.1) is 5.41 Å². The van der Waals surface area contributed by atoms with E-state index in [0.717, 1.165) is 29.2 Å². The lowest BCUT2D eigenvalue weighted by molar-refractivity contribution is -0.119. The summed E-state index contributed by atoms with van der Waals surface area (Å²) in [6.07, 6.45) is 5.07. The topological polar surface area (TPSA) is 55.1 Å². The van der Waals surface area contributed by atoms with Crippen molar-refractivity contribution in [2.75, 3.05) is 5.32 Å². The van der Waals surface area contributed by atoms with E-state index < -0.39 is 5.41 Å². The molecule has 1 unspecified atom stereocenters. The van der Waals surface area contributed by atoms with Crippen molar-refractivity contribution in [2.45, 2.75) is 51.0 Å². The van der Waals surface area contributed by atoms with Gasteiger partial charge in [-0.2, -0.15) is 0 Å². The zero-order valence-electron chi connectivity index (χ0n) is 11.7. The standard InChI is InChI=1S/C16H22N2O/c1-16(2)12-9-11(6-7-14(12)18-15(16)19)13(17)8-10-4-3-5-10/h6-7,9-10,13H,3-5,8,17H2,1-2H3,(H,18,19). The van der Waals surface area contributed by atoms with Crippen LogP contribution in [0.3, 0.4) is 0 Å². The van der Waals surface area contributed by atoms with Crippen molar-refractivity contribution in [3.05, 3.63) is 29.3 Å². The molecule has 1 aliphatic heterocycles. The molecule has 1 fully saturated rings. The Balaban J connectivity index is 1.85. The van der Waals surface area contributed by atoms with Crippen LogP contribution in [0.4, 0.5) is 5.69 Å². The van der Waals surface area contributed by atoms with Gasteiger partial charge in [0, 0.05) is 11.7 Å². The van der Waals surface area contributed by atoms with E-state index in [1.54, 1.807) is 0 Å². The number of nitrogens with two attached hydrogens (primary N) is 1. The maximum Gasteiger partial charge on any atom is 0.234 e. The first-order valence-corrected chi connectivity index (χ1v) is 7.20. The number of hydrogen-bond donors (Lipinski definition) is 2. The van der Waals surface area contributed by atoms with Crippen LogP contribution in [0.25, 0.3) is 0 Å². The molecule has 102 valence electrons. The van der Waals surface area contributed by atoms with E-state index in [1.165, 1.54) is 19.3 Å². The summed E-state index contributed by atoms with van der Waals surface area (Å²) in [5.41, 5.74) is 9.06. The molecule has 3 heteroatoms. The predicted octanol–water partition coefficient (Wildman–Crippen LogP) is 3.11. The number of hydrogen-bond acceptors (Lipinski definition) is 2. The highest BCUT2D eigenvalue weighted by atomic mass is 16.2. The van der Waals surface area contributed by atoms with Crippen molar-refractivity contribution in [1.82, 2.24) is 0 Å². The van der Waals surface area contributed by atoms with Crippen molar-refractivity contribution >= 4 is 11.6 Å². The van der Waals surface area contributed by atoms with Gasteiger partial charge in [0.15, 0.2) is 0 Å². The molecular weight excluding hydrogens is 236 g/mol. The monoisotopic (exact) mass is 258 g/mol. The molecule has 1 saturated carbocycles. The molecule has 0 aromatic heterocycles. The van der Waals surface area contributed by atoms with Crippen LogP contribution in [-0.4, -0.2) is 5.91 Å². The van der Waals surface area contributed by atoms with Gasteiger partial charge < -0.3 is 11.1 Å². The van der Waals surface area contributed by atoms with Crippen LogP contribution >= 0.6 is 0 Å². The first-order chi connectivity index (χ1) is 8.98. The van der Waals surface area contributed by atoms with E-state index in [1.807, 2.05) is 19.9 Å². The van der Waals surface area contributed by atoms with Crippen molar-refractivity contribution in [2.24, 2.45) is 11.7 Å². The van der Waals surface area contributed by atoms with Crippen LogP contribution in [0.5, 0.6) is 0 Å². The minimum Gasteiger partial charge on any atom is -0.325 e. The zero-order valence-corrected chi connectivity index (χ0v) is 11.7. The molecule has 1 atom stereocenters. The van der Waals surface area contributed by atoms with Gasteiger partial charge in [0.1, 0.15) is 0 Å². The van der Waals surface area contributed by atoms with Crippen molar-refractivity contribution in [3.8, 4) is 0 Å². The lowest BCUT2D eigenvalue weighted by Crippen LogP contribution is -2.27. The Morgan fingerprint density at radius 1 is 1.42 bits per heavy atom. The molecule has 3 N–H and O–H groups in total. The highest BCUT2D eigenvalue weighted by molar-refractivity contribution is 6.05. The molecule has 1 heterocycles. The Bertz CT molecular complexity index is 517. The average molecular weight is 258 g/mol. The fraction of sp³-hybridized carbons (Fsp3) is 0.562. The second-order valence-corrected chi connectivity index (χ2v) is 6.52. The summed E-state index contributed by atoms with van der Waals surface area (Å²) in [6, 6.07) is 6.28. The molecule has 1 aromatic carbocycles. The smallest absolute Gasteiger partial charge is 0.234 e. The van der Waals surface area contributed by atoms with E-state index in [0.29, 0.717) is 0 Å². The summed E-state index contributed by atoms with van der Waals surface area (Å²) in [5.74, 6) is 0.878. The molecule has 2 aliphatic rings. The molecule has 3 nitrogen and oxygen atoms in total. The molecule has 1 aliphatic carbocycles. The number of carbonyl (C=O) groups excluding carboxylic acids is 1. The Labute approximate surface area is 114 Å². The Morgan fingerprint density at radius 3 is 2.79 bits per heavy atom. The number of anilines is 1. The van der Waals surface area contributed by atoms with Gasteiger partial charge in [-0.25, -0.2) is 0 Å². The number of amides is 1. The van der Waals surface area contributed by atoms with Crippen LogP contribution in [0.2, 0.25) is 0 Å². The molecule has 3 rings (SSSR count). The van der Waals surface area contributed by atoms with E-state index in [9.17, 15) is 4.79 Å². The maximum absolute atomic E-state index is 11.9. The summed E-state index contributed by atoms with van der Waals surface area (Å²) >= 11 is 0. The van der Waals surface area contributed by atoms with Crippen LogP contribution in [0, 0.1) is 5.92 Å². The third-order valence-corrected chi connectivity index (χ3v) is 4.77. The van der Waals surface area contributed by atoms with E-state index in [-0.39, 0.29) is 11.9 Å². The third kappa shape index (κ3) is 2.06. The van der Waals surface area contributed by atoms with E-state index in [2.05, 4.69) is 17.4 Å². The fourth-order valence-electron chi connectivity index (χ4n) is 3.04. The first kappa shape index (κ1) is 12.7. The largest absolute Gasteiger partial charge is 0.325 e. The number of fused-ring (bicyclic) bond motifs is 1. The van der Waals surface area contributed by atoms with Gasteiger partial charge in [-0.15, -0.1) is 0 Å². The Hall–Kier alpha value is -1.35. The predicted molar refractivity (Wildman–Crippen MR) is 77.0 cm³/mol. The molecule has 0 bridgehead atoms. The highest BCUT2D eigenvalue weighted by Crippen LogP contribution is 2.40. The Kier molecular flexibility index (Phi) is 2.90. The van der Waals surface area contributed by atoms with Gasteiger partial charge in [-0.1, -0.05) is 31.4 Å². The minimum atomic E-state index is -0.443. The van der Waals surface area contributed by atoms with Crippen LogP contribution in [0.1, 0.15) is 56.7 Å². The molecule has 19 heavy (non-hydrogen) atoms. The highest BCUT2D eigenvalue weighted by Gasteiger charge is 2.38. The number of nitrogens with one attached hydrogen (secondary N) is 1. The molecule has 1 aromatic rings. The van der Waals surface area contributed by atoms with Gasteiger partial charge in [-0.3, -0.25) is 4.79 Å². The zero-order chi connectivity index (χ0) is 13.6. The number of carbonyl (C=O) groups is 1. The van der Waals surface area contributed by atoms with Gasteiger partial charge in [0.25, 0.3) is 0 Å². The summed E-state index contributed by atoms with van der Waals surface area (Å²) in [5, 5.41) is 2.94. The molecule has 1 amide bonds. The average Bonchev–Trinajstić information content (AvgIpc) is 2.55. The van der Waals surface area contributed by atoms with Crippen LogP contribution < -0.4 is 11.1 Å². The normalized spacial score (nSPS) is 22.6. The second kappa shape index (κ2) is 4.34. The van der Waals surface area contributed by atoms with Crippen LogP contribution in [-0.2, 0) is 10.2 Å². The van der Waals surface area contributed by atoms with Gasteiger partial charge >= 0.3 is 0 Å². The fourth-order valence-corrected chi connectivity index (χ4v) is 3.04. The van der Waals surface area contributed by atoms with E-state index in [4.69, 9.17) is 5.73 Å². The first-order valence-electron chi connectivity index (χ1n) is 7.20. The third-order valence-electron chi connectivity index (χ3n) is 4.77. The summed E-state index contributed by atoms with van der Waals surface area (Å²) < 4.78 is 0. The van der Waals surface area contributed by atoms with E-state index >= 15 is 0 Å². The quantitative estimate of drug-likeness (QED) is 0.875. The van der Waals surface area contributed by atoms with Gasteiger partial charge in [-0.05, 0) is 43.4 Å². The maximum atomic E-state index is 11.9. The number of benzene rings is 1. The molecular formula is C16H22N2O. The molecule has 0 saturated heterocycles. The van der Waals surface area contributed by atoms with Crippen molar-refractivity contribution < 1.29 is 4.79 Å². The SMILES string of the molecule is CC1(C)C(=O)Nc2ccc(C(N)CC3CCC3)cc21. The lowest BCUT2D eigenvalue weighted by Gasteiger charge is -2.28. The summed E-state index contributed by atoms with van der Waals surface area (Å²) in [4.78, 5) is 11.9.